The third-order valence-electron chi connectivity index (χ3n) is 4.39. The lowest BCUT2D eigenvalue weighted by Gasteiger charge is -2.15. The largest absolute Gasteiger partial charge is 0.366 e. The molecule has 134 valence electrons. The van der Waals surface area contributed by atoms with Crippen LogP contribution in [-0.2, 0) is 22.6 Å². The molecule has 3 rings (SSSR count). The molecule has 3 N–H and O–H groups in total. The highest BCUT2D eigenvalue weighted by atomic mass is 16.2. The molecule has 1 aliphatic heterocycles. The summed E-state index contributed by atoms with van der Waals surface area (Å²) >= 11 is 0. The van der Waals surface area contributed by atoms with Crippen LogP contribution in [0.1, 0.15) is 34.3 Å². The summed E-state index contributed by atoms with van der Waals surface area (Å²) in [6.45, 7) is 1.09. The van der Waals surface area contributed by atoms with Gasteiger partial charge in [-0.1, -0.05) is 24.3 Å². The van der Waals surface area contributed by atoms with Crippen LogP contribution in [0.3, 0.4) is 0 Å². The Balaban J connectivity index is 1.54. The summed E-state index contributed by atoms with van der Waals surface area (Å²) in [5.74, 6) is -0.456. The highest BCUT2D eigenvalue weighted by Gasteiger charge is 2.21. The molecule has 1 saturated heterocycles. The van der Waals surface area contributed by atoms with Gasteiger partial charge in [-0.05, 0) is 41.8 Å². The zero-order valence-electron chi connectivity index (χ0n) is 14.4. The minimum absolute atomic E-state index is 0.112. The molecule has 0 radical (unpaired) electrons. The summed E-state index contributed by atoms with van der Waals surface area (Å²) in [5.41, 5.74) is 8.25. The van der Waals surface area contributed by atoms with Gasteiger partial charge in [0, 0.05) is 30.8 Å². The Bertz CT molecular complexity index is 830. The van der Waals surface area contributed by atoms with E-state index in [0.717, 1.165) is 29.8 Å². The fourth-order valence-electron chi connectivity index (χ4n) is 3.00. The highest BCUT2D eigenvalue weighted by Crippen LogP contribution is 2.21. The van der Waals surface area contributed by atoms with Crippen LogP contribution in [0.2, 0.25) is 0 Å². The quantitative estimate of drug-likeness (QED) is 0.831. The van der Waals surface area contributed by atoms with Gasteiger partial charge in [-0.3, -0.25) is 14.4 Å². The van der Waals surface area contributed by atoms with Crippen LogP contribution in [0.25, 0.3) is 0 Å². The van der Waals surface area contributed by atoms with Gasteiger partial charge in [-0.25, -0.2) is 0 Å². The van der Waals surface area contributed by atoms with Gasteiger partial charge in [-0.15, -0.1) is 0 Å². The average molecular weight is 351 g/mol. The number of anilines is 1. The normalized spacial score (nSPS) is 13.7. The number of hydrogen-bond donors (Lipinski definition) is 2. The third kappa shape index (κ3) is 4.27. The summed E-state index contributed by atoms with van der Waals surface area (Å²) in [6, 6.07) is 14.4. The number of carbonyl (C=O) groups excluding carboxylic acids is 3. The minimum atomic E-state index is -0.491. The van der Waals surface area contributed by atoms with Crippen molar-refractivity contribution < 1.29 is 14.4 Å². The lowest BCUT2D eigenvalue weighted by Crippen LogP contribution is -2.25. The number of benzene rings is 2. The van der Waals surface area contributed by atoms with E-state index in [1.165, 1.54) is 0 Å². The van der Waals surface area contributed by atoms with Gasteiger partial charge in [-0.2, -0.15) is 0 Å². The Morgan fingerprint density at radius 1 is 1.08 bits per heavy atom. The molecule has 6 nitrogen and oxygen atoms in total. The van der Waals surface area contributed by atoms with E-state index >= 15 is 0 Å². The number of primary amides is 1. The van der Waals surface area contributed by atoms with E-state index in [4.69, 9.17) is 5.73 Å². The topological polar surface area (TPSA) is 92.5 Å². The summed E-state index contributed by atoms with van der Waals surface area (Å²) in [7, 11) is 0. The maximum Gasteiger partial charge on any atom is 0.248 e. The van der Waals surface area contributed by atoms with Crippen LogP contribution in [0.4, 0.5) is 5.69 Å². The maximum atomic E-state index is 12.1. The van der Waals surface area contributed by atoms with Crippen molar-refractivity contribution in [3.63, 3.8) is 0 Å². The van der Waals surface area contributed by atoms with Crippen molar-refractivity contribution in [1.82, 2.24) is 5.32 Å². The number of nitrogens with one attached hydrogen (secondary N) is 1. The zero-order chi connectivity index (χ0) is 18.5. The molecule has 1 heterocycles. The van der Waals surface area contributed by atoms with Crippen molar-refractivity contribution in [1.29, 1.82) is 0 Å². The monoisotopic (exact) mass is 351 g/mol. The summed E-state index contributed by atoms with van der Waals surface area (Å²) in [5, 5.41) is 2.83. The Hall–Kier alpha value is -3.15. The second kappa shape index (κ2) is 7.82. The van der Waals surface area contributed by atoms with Gasteiger partial charge in [0.25, 0.3) is 0 Å². The first-order valence-corrected chi connectivity index (χ1v) is 8.57. The van der Waals surface area contributed by atoms with Crippen molar-refractivity contribution in [3.05, 3.63) is 65.2 Å². The van der Waals surface area contributed by atoms with Crippen molar-refractivity contribution >= 4 is 23.4 Å². The summed E-state index contributed by atoms with van der Waals surface area (Å²) < 4.78 is 0. The van der Waals surface area contributed by atoms with Gasteiger partial charge in [0.1, 0.15) is 0 Å². The number of carbonyl (C=O) groups is 3. The molecule has 0 saturated carbocycles. The fourth-order valence-corrected chi connectivity index (χ4v) is 3.00. The van der Waals surface area contributed by atoms with Gasteiger partial charge < -0.3 is 16.0 Å². The van der Waals surface area contributed by atoms with Crippen molar-refractivity contribution in [2.45, 2.75) is 25.8 Å². The smallest absolute Gasteiger partial charge is 0.248 e. The van der Waals surface area contributed by atoms with Gasteiger partial charge in [0.2, 0.25) is 17.7 Å². The molecule has 0 atom stereocenters. The van der Waals surface area contributed by atoms with Crippen LogP contribution in [-0.4, -0.2) is 24.3 Å². The predicted octanol–water partition coefficient (Wildman–Crippen LogP) is 1.77. The third-order valence-corrected chi connectivity index (χ3v) is 4.39. The van der Waals surface area contributed by atoms with Crippen molar-refractivity contribution in [2.24, 2.45) is 5.73 Å². The second-order valence-corrected chi connectivity index (χ2v) is 6.33. The van der Waals surface area contributed by atoms with Crippen LogP contribution >= 0.6 is 0 Å². The van der Waals surface area contributed by atoms with Crippen molar-refractivity contribution in [2.75, 3.05) is 11.4 Å². The van der Waals surface area contributed by atoms with E-state index in [9.17, 15) is 14.4 Å². The zero-order valence-corrected chi connectivity index (χ0v) is 14.4. The van der Waals surface area contributed by atoms with Gasteiger partial charge in [0.05, 0.1) is 6.42 Å². The lowest BCUT2D eigenvalue weighted by molar-refractivity contribution is -0.120. The van der Waals surface area contributed by atoms with Gasteiger partial charge >= 0.3 is 0 Å². The summed E-state index contributed by atoms with van der Waals surface area (Å²) in [6.07, 6.45) is 1.74. The lowest BCUT2D eigenvalue weighted by atomic mass is 10.1. The molecular formula is C20H21N3O3. The molecule has 1 aliphatic rings. The number of amides is 3. The van der Waals surface area contributed by atoms with E-state index in [-0.39, 0.29) is 18.2 Å². The molecular weight excluding hydrogens is 330 g/mol. The van der Waals surface area contributed by atoms with E-state index < -0.39 is 5.91 Å². The Labute approximate surface area is 152 Å². The molecule has 2 aromatic carbocycles. The molecule has 0 aliphatic carbocycles. The van der Waals surface area contributed by atoms with E-state index in [1.807, 2.05) is 30.3 Å². The standard InChI is InChI=1S/C20H21N3O3/c21-20(26)16-4-1-3-15(11-16)13-22-18(24)12-14-6-8-17(9-7-14)23-10-2-5-19(23)25/h1,3-4,6-9,11H,2,5,10,12-13H2,(H2,21,26)(H,22,24). The SMILES string of the molecule is NC(=O)c1cccc(CNC(=O)Cc2ccc(N3CCCC3=O)cc2)c1. The van der Waals surface area contributed by atoms with Crippen LogP contribution in [0.15, 0.2) is 48.5 Å². The molecule has 26 heavy (non-hydrogen) atoms. The number of nitrogens with zero attached hydrogens (tertiary/aromatic N) is 1. The summed E-state index contributed by atoms with van der Waals surface area (Å²) in [4.78, 5) is 36.8. The van der Waals surface area contributed by atoms with E-state index in [1.54, 1.807) is 23.1 Å². The Kier molecular flexibility index (Phi) is 5.31. The van der Waals surface area contributed by atoms with E-state index in [0.29, 0.717) is 18.5 Å². The van der Waals surface area contributed by atoms with Crippen LogP contribution in [0.5, 0.6) is 0 Å². The number of nitrogens with two attached hydrogens (primary N) is 1. The Morgan fingerprint density at radius 2 is 1.85 bits per heavy atom. The average Bonchev–Trinajstić information content (AvgIpc) is 3.07. The first kappa shape index (κ1) is 17.7. The molecule has 2 aromatic rings. The number of rotatable bonds is 6. The van der Waals surface area contributed by atoms with Crippen LogP contribution in [0, 0.1) is 0 Å². The van der Waals surface area contributed by atoms with Crippen molar-refractivity contribution in [3.8, 4) is 0 Å². The number of hydrogen-bond acceptors (Lipinski definition) is 3. The molecule has 6 heteroatoms. The van der Waals surface area contributed by atoms with Gasteiger partial charge in [0.15, 0.2) is 0 Å². The predicted molar refractivity (Wildman–Crippen MR) is 98.5 cm³/mol. The van der Waals surface area contributed by atoms with Crippen LogP contribution < -0.4 is 16.0 Å². The molecule has 3 amide bonds. The molecule has 0 spiro atoms. The first-order chi connectivity index (χ1) is 12.5. The highest BCUT2D eigenvalue weighted by molar-refractivity contribution is 5.95. The van der Waals surface area contributed by atoms with E-state index in [2.05, 4.69) is 5.32 Å². The molecule has 0 bridgehead atoms. The Morgan fingerprint density at radius 3 is 2.50 bits per heavy atom. The maximum absolute atomic E-state index is 12.1. The molecule has 1 fully saturated rings. The minimum Gasteiger partial charge on any atom is -0.366 e. The molecule has 0 aromatic heterocycles. The first-order valence-electron chi connectivity index (χ1n) is 8.57. The fraction of sp³-hybridized carbons (Fsp3) is 0.250. The molecule has 0 unspecified atom stereocenters. The second-order valence-electron chi connectivity index (χ2n) is 6.33.